The molecular weight excluding hydrogens is 276 g/mol. The van der Waals surface area contributed by atoms with Gasteiger partial charge in [-0.3, -0.25) is 4.90 Å². The van der Waals surface area contributed by atoms with Crippen LogP contribution in [0.15, 0.2) is 42.6 Å². The van der Waals surface area contributed by atoms with Crippen molar-refractivity contribution in [3.63, 3.8) is 0 Å². The maximum absolute atomic E-state index is 5.30. The smallest absolute Gasteiger partial charge is 0.119 e. The van der Waals surface area contributed by atoms with E-state index in [1.807, 2.05) is 12.1 Å². The van der Waals surface area contributed by atoms with Gasteiger partial charge in [0.2, 0.25) is 0 Å². The van der Waals surface area contributed by atoms with Crippen LogP contribution in [-0.2, 0) is 17.8 Å². The fourth-order valence-electron chi connectivity index (χ4n) is 2.51. The zero-order chi connectivity index (χ0) is 15.8. The van der Waals surface area contributed by atoms with Crippen LogP contribution in [0.5, 0.6) is 5.75 Å². The first kappa shape index (κ1) is 16.6. The van der Waals surface area contributed by atoms with Crippen molar-refractivity contribution in [3.8, 4) is 5.75 Å². The normalized spacial score (nSPS) is 11.1. The Kier molecular flexibility index (Phi) is 6.49. The van der Waals surface area contributed by atoms with Crippen LogP contribution >= 0.6 is 0 Å². The zero-order valence-corrected chi connectivity index (χ0v) is 13.8. The lowest BCUT2D eigenvalue weighted by Crippen LogP contribution is -2.27. The lowest BCUT2D eigenvalue weighted by molar-refractivity contribution is 0.146. The third-order valence-electron chi connectivity index (χ3n) is 3.86. The molecule has 0 aliphatic carbocycles. The molecule has 0 fully saturated rings. The van der Waals surface area contributed by atoms with E-state index in [0.29, 0.717) is 0 Å². The van der Waals surface area contributed by atoms with Gasteiger partial charge in [-0.1, -0.05) is 19.1 Å². The number of likely N-dealkylation sites (N-methyl/N-ethyl adjacent to an activating group) is 1. The molecule has 1 heterocycles. The van der Waals surface area contributed by atoms with E-state index in [4.69, 9.17) is 9.47 Å². The monoisotopic (exact) mass is 302 g/mol. The summed E-state index contributed by atoms with van der Waals surface area (Å²) in [7, 11) is 3.45. The van der Waals surface area contributed by atoms with Crippen molar-refractivity contribution in [2.24, 2.45) is 0 Å². The summed E-state index contributed by atoms with van der Waals surface area (Å²) >= 11 is 0. The van der Waals surface area contributed by atoms with Crippen LogP contribution in [0.4, 0.5) is 0 Å². The van der Waals surface area contributed by atoms with Gasteiger partial charge in [-0.25, -0.2) is 0 Å². The molecule has 0 spiro atoms. The van der Waals surface area contributed by atoms with Crippen molar-refractivity contribution in [1.82, 2.24) is 9.47 Å². The van der Waals surface area contributed by atoms with Gasteiger partial charge in [-0.2, -0.15) is 0 Å². The van der Waals surface area contributed by atoms with E-state index in [1.165, 1.54) is 11.3 Å². The minimum Gasteiger partial charge on any atom is -0.497 e. The molecule has 1 aromatic heterocycles. The molecule has 0 saturated heterocycles. The van der Waals surface area contributed by atoms with Crippen molar-refractivity contribution in [2.45, 2.75) is 20.0 Å². The number of hydrogen-bond donors (Lipinski definition) is 0. The molecule has 4 nitrogen and oxygen atoms in total. The lowest BCUT2D eigenvalue weighted by atomic mass is 10.2. The average molecular weight is 302 g/mol. The number of nitrogens with zero attached hydrogens (tertiary/aromatic N) is 2. The number of aromatic nitrogens is 1. The number of hydrogen-bond acceptors (Lipinski definition) is 3. The van der Waals surface area contributed by atoms with Crippen LogP contribution in [0.3, 0.4) is 0 Å². The Morgan fingerprint density at radius 3 is 2.73 bits per heavy atom. The standard InChI is InChI=1S/C18H26N2O2/c1-4-19(11-12-21-2)15-17-8-6-10-20(17)14-16-7-5-9-18(13-16)22-3/h5-10,13H,4,11-12,14-15H2,1-3H3. The molecule has 0 aliphatic heterocycles. The van der Waals surface area contributed by atoms with E-state index < -0.39 is 0 Å². The van der Waals surface area contributed by atoms with Gasteiger partial charge in [0.15, 0.2) is 0 Å². The predicted octanol–water partition coefficient (Wildman–Crippen LogP) is 3.01. The summed E-state index contributed by atoms with van der Waals surface area (Å²) in [4.78, 5) is 2.39. The summed E-state index contributed by atoms with van der Waals surface area (Å²) in [5, 5.41) is 0. The Balaban J connectivity index is 2.05. The third-order valence-corrected chi connectivity index (χ3v) is 3.86. The summed E-state index contributed by atoms with van der Waals surface area (Å²) in [5.41, 5.74) is 2.57. The van der Waals surface area contributed by atoms with Crippen LogP contribution < -0.4 is 4.74 Å². The minimum absolute atomic E-state index is 0.768. The highest BCUT2D eigenvalue weighted by Gasteiger charge is 2.08. The summed E-state index contributed by atoms with van der Waals surface area (Å²) < 4.78 is 12.8. The van der Waals surface area contributed by atoms with Crippen molar-refractivity contribution in [3.05, 3.63) is 53.9 Å². The molecule has 0 saturated carbocycles. The van der Waals surface area contributed by atoms with Crippen LogP contribution in [0.25, 0.3) is 0 Å². The van der Waals surface area contributed by atoms with Crippen LogP contribution in [0.2, 0.25) is 0 Å². The molecule has 0 N–H and O–H groups in total. The van der Waals surface area contributed by atoms with Gasteiger partial charge < -0.3 is 14.0 Å². The van der Waals surface area contributed by atoms with Crippen molar-refractivity contribution >= 4 is 0 Å². The molecule has 0 bridgehead atoms. The number of ether oxygens (including phenoxy) is 2. The van der Waals surface area contributed by atoms with Gasteiger partial charge in [0.1, 0.15) is 5.75 Å². The van der Waals surface area contributed by atoms with Crippen molar-refractivity contribution in [2.75, 3.05) is 33.9 Å². The Bertz CT molecular complexity index is 566. The summed E-state index contributed by atoms with van der Waals surface area (Å²) in [6, 6.07) is 12.5. The largest absolute Gasteiger partial charge is 0.497 e. The zero-order valence-electron chi connectivity index (χ0n) is 13.8. The molecule has 2 aromatic rings. The fraction of sp³-hybridized carbons (Fsp3) is 0.444. The van der Waals surface area contributed by atoms with E-state index >= 15 is 0 Å². The first-order valence-electron chi connectivity index (χ1n) is 7.75. The Morgan fingerprint density at radius 1 is 1.14 bits per heavy atom. The van der Waals surface area contributed by atoms with Gasteiger partial charge in [-0.15, -0.1) is 0 Å². The maximum atomic E-state index is 5.30. The highest BCUT2D eigenvalue weighted by molar-refractivity contribution is 5.29. The molecule has 4 heteroatoms. The van der Waals surface area contributed by atoms with Gasteiger partial charge in [0, 0.05) is 38.6 Å². The van der Waals surface area contributed by atoms with Gasteiger partial charge >= 0.3 is 0 Å². The second kappa shape index (κ2) is 8.61. The number of benzene rings is 1. The molecule has 120 valence electrons. The first-order chi connectivity index (χ1) is 10.8. The van der Waals surface area contributed by atoms with Crippen LogP contribution in [0, 0.1) is 0 Å². The number of methoxy groups -OCH3 is 2. The Morgan fingerprint density at radius 2 is 2.00 bits per heavy atom. The highest BCUT2D eigenvalue weighted by atomic mass is 16.5. The second-order valence-corrected chi connectivity index (χ2v) is 5.34. The Hall–Kier alpha value is -1.78. The van der Waals surface area contributed by atoms with E-state index in [-0.39, 0.29) is 0 Å². The van der Waals surface area contributed by atoms with Crippen molar-refractivity contribution < 1.29 is 9.47 Å². The van der Waals surface area contributed by atoms with Crippen LogP contribution in [-0.4, -0.2) is 43.4 Å². The highest BCUT2D eigenvalue weighted by Crippen LogP contribution is 2.15. The average Bonchev–Trinajstić information content (AvgIpc) is 2.98. The van der Waals surface area contributed by atoms with E-state index in [0.717, 1.165) is 38.5 Å². The van der Waals surface area contributed by atoms with E-state index in [1.54, 1.807) is 14.2 Å². The molecule has 22 heavy (non-hydrogen) atoms. The molecule has 1 aromatic carbocycles. The predicted molar refractivity (Wildman–Crippen MR) is 89.4 cm³/mol. The summed E-state index contributed by atoms with van der Waals surface area (Å²) in [6.45, 7) is 6.73. The van der Waals surface area contributed by atoms with Gasteiger partial charge in [0.05, 0.1) is 13.7 Å². The van der Waals surface area contributed by atoms with Gasteiger partial charge in [-0.05, 0) is 36.4 Å². The topological polar surface area (TPSA) is 26.6 Å². The van der Waals surface area contributed by atoms with Crippen molar-refractivity contribution in [1.29, 1.82) is 0 Å². The van der Waals surface area contributed by atoms with E-state index in [2.05, 4.69) is 46.9 Å². The minimum atomic E-state index is 0.768. The molecule has 0 atom stereocenters. The maximum Gasteiger partial charge on any atom is 0.119 e. The summed E-state index contributed by atoms with van der Waals surface area (Å²) in [5.74, 6) is 0.904. The Labute approximate surface area is 133 Å². The lowest BCUT2D eigenvalue weighted by Gasteiger charge is -2.21. The van der Waals surface area contributed by atoms with Gasteiger partial charge in [0.25, 0.3) is 0 Å². The third kappa shape index (κ3) is 4.61. The number of rotatable bonds is 9. The molecule has 0 aliphatic rings. The SMILES string of the molecule is CCN(CCOC)Cc1cccn1Cc1cccc(OC)c1. The molecule has 0 amide bonds. The second-order valence-electron chi connectivity index (χ2n) is 5.34. The first-order valence-corrected chi connectivity index (χ1v) is 7.75. The molecule has 0 unspecified atom stereocenters. The summed E-state index contributed by atoms with van der Waals surface area (Å²) in [6.07, 6.45) is 2.14. The van der Waals surface area contributed by atoms with Crippen LogP contribution in [0.1, 0.15) is 18.2 Å². The fourth-order valence-corrected chi connectivity index (χ4v) is 2.51. The molecule has 2 rings (SSSR count). The molecule has 0 radical (unpaired) electrons. The quantitative estimate of drug-likeness (QED) is 0.712. The van der Waals surface area contributed by atoms with E-state index in [9.17, 15) is 0 Å². The molecular formula is C18H26N2O2.